The first-order valence-electron chi connectivity index (χ1n) is 5.24. The highest BCUT2D eigenvalue weighted by Gasteiger charge is 2.27. The molecule has 124 valence electrons. The molecule has 1 aromatic rings. The van der Waals surface area contributed by atoms with Gasteiger partial charge in [-0.05, 0) is 0 Å². The number of aromatic nitrogens is 1. The summed E-state index contributed by atoms with van der Waals surface area (Å²) in [5.74, 6) is -1.31. The summed E-state index contributed by atoms with van der Waals surface area (Å²) in [4.78, 5) is 20.1. The molecule has 0 spiro atoms. The fourth-order valence-corrected chi connectivity index (χ4v) is 2.10. The SMILES string of the molecule is CO/N=C(\C(=O)OS(=O)(=O)OC=[N+](C)C)c1csc(N)n1.[Cl-]. The fourth-order valence-electron chi connectivity index (χ4n) is 0.967. The second kappa shape index (κ2) is 8.51. The molecule has 1 heterocycles. The van der Waals surface area contributed by atoms with Crippen LogP contribution in [0.3, 0.4) is 0 Å². The minimum atomic E-state index is -4.58. The van der Waals surface area contributed by atoms with Gasteiger partial charge >= 0.3 is 22.8 Å². The van der Waals surface area contributed by atoms with E-state index in [1.807, 2.05) is 0 Å². The molecule has 0 saturated carbocycles. The molecule has 0 bridgehead atoms. The van der Waals surface area contributed by atoms with Crippen LogP contribution in [0.5, 0.6) is 0 Å². The van der Waals surface area contributed by atoms with Gasteiger partial charge in [0.25, 0.3) is 0 Å². The number of thiazole rings is 1. The van der Waals surface area contributed by atoms with Gasteiger partial charge in [-0.1, -0.05) is 5.16 Å². The van der Waals surface area contributed by atoms with E-state index in [1.54, 1.807) is 0 Å². The van der Waals surface area contributed by atoms with Crippen LogP contribution >= 0.6 is 11.3 Å². The van der Waals surface area contributed by atoms with Gasteiger partial charge < -0.3 is 27.2 Å². The molecular formula is C9H13ClN4O6S2. The molecule has 1 rings (SSSR count). The fraction of sp³-hybridized carbons (Fsp3) is 0.333. The number of oxime groups is 1. The number of halogens is 1. The van der Waals surface area contributed by atoms with Crippen LogP contribution in [0, 0.1) is 0 Å². The number of hydrogen-bond donors (Lipinski definition) is 1. The van der Waals surface area contributed by atoms with E-state index >= 15 is 0 Å². The molecule has 0 radical (unpaired) electrons. The molecule has 0 amide bonds. The topological polar surface area (TPSA) is 133 Å². The van der Waals surface area contributed by atoms with E-state index < -0.39 is 22.1 Å². The summed E-state index contributed by atoms with van der Waals surface area (Å²) < 4.78 is 32.7. The van der Waals surface area contributed by atoms with Gasteiger partial charge in [0.05, 0.1) is 0 Å². The van der Waals surface area contributed by atoms with Crippen LogP contribution in [-0.2, 0) is 28.4 Å². The van der Waals surface area contributed by atoms with Crippen molar-refractivity contribution in [2.45, 2.75) is 0 Å². The van der Waals surface area contributed by atoms with Gasteiger partial charge in [-0.25, -0.2) is 14.4 Å². The Kier molecular flexibility index (Phi) is 7.76. The number of nitrogens with two attached hydrogens (primary N) is 1. The zero-order valence-corrected chi connectivity index (χ0v) is 14.1. The summed E-state index contributed by atoms with van der Waals surface area (Å²) in [5.41, 5.74) is 5.00. The Hall–Kier alpha value is -1.92. The maximum Gasteiger partial charge on any atom is 0.508 e. The van der Waals surface area contributed by atoms with Crippen molar-refractivity contribution in [2.24, 2.45) is 5.16 Å². The van der Waals surface area contributed by atoms with Crippen molar-refractivity contribution in [1.82, 2.24) is 4.98 Å². The van der Waals surface area contributed by atoms with E-state index in [4.69, 9.17) is 5.73 Å². The summed E-state index contributed by atoms with van der Waals surface area (Å²) in [6.07, 6.45) is 0.844. The number of nitrogen functional groups attached to an aromatic ring is 1. The van der Waals surface area contributed by atoms with Crippen molar-refractivity contribution in [1.29, 1.82) is 0 Å². The molecule has 0 fully saturated rings. The Labute approximate surface area is 136 Å². The minimum absolute atomic E-state index is 0. The van der Waals surface area contributed by atoms with Crippen molar-refractivity contribution in [2.75, 3.05) is 26.9 Å². The quantitative estimate of drug-likeness (QED) is 0.232. The lowest BCUT2D eigenvalue weighted by atomic mass is 10.3. The largest absolute Gasteiger partial charge is 1.00 e. The third-order valence-electron chi connectivity index (χ3n) is 1.69. The molecule has 0 unspecified atom stereocenters. The van der Waals surface area contributed by atoms with Crippen molar-refractivity contribution >= 4 is 44.9 Å². The van der Waals surface area contributed by atoms with Crippen LogP contribution in [0.4, 0.5) is 5.13 Å². The zero-order chi connectivity index (χ0) is 16.0. The molecule has 2 N–H and O–H groups in total. The Balaban J connectivity index is 0.00000441. The summed E-state index contributed by atoms with van der Waals surface area (Å²) in [6, 6.07) is 0. The van der Waals surface area contributed by atoms with Gasteiger partial charge in [0.2, 0.25) is 5.71 Å². The molecule has 0 aliphatic carbocycles. The van der Waals surface area contributed by atoms with Crippen molar-refractivity contribution in [3.05, 3.63) is 11.1 Å². The minimum Gasteiger partial charge on any atom is -1.00 e. The van der Waals surface area contributed by atoms with Gasteiger partial charge in [0.1, 0.15) is 26.9 Å². The molecule has 0 saturated heterocycles. The molecule has 10 nitrogen and oxygen atoms in total. The normalized spacial score (nSPS) is 11.1. The molecule has 13 heteroatoms. The first-order valence-corrected chi connectivity index (χ1v) is 7.46. The maximum atomic E-state index is 11.8. The first kappa shape index (κ1) is 20.1. The van der Waals surface area contributed by atoms with Crippen LogP contribution in [0.25, 0.3) is 0 Å². The zero-order valence-electron chi connectivity index (χ0n) is 11.7. The number of carbonyl (C=O) groups is 1. The Bertz CT molecular complexity index is 680. The summed E-state index contributed by atoms with van der Waals surface area (Å²) in [7, 11) is -0.363. The van der Waals surface area contributed by atoms with Crippen molar-refractivity contribution in [3.8, 4) is 0 Å². The standard InChI is InChI=1S/C9H13N4O6S2.ClH/c1-13(2)5-18-21(15,16)19-8(14)7(12-17-3)6-4-20-9(10)11-6;/h4-5H,1-3H3,(H2,10,11);1H/q+1;/p-1/b12-7-;. The smallest absolute Gasteiger partial charge is 0.508 e. The highest BCUT2D eigenvalue weighted by atomic mass is 35.5. The Morgan fingerprint density at radius 1 is 1.50 bits per heavy atom. The first-order chi connectivity index (χ1) is 9.75. The van der Waals surface area contributed by atoms with Crippen LogP contribution in [-0.4, -0.2) is 57.3 Å². The maximum absolute atomic E-state index is 11.8. The lowest BCUT2D eigenvalue weighted by Gasteiger charge is -2.03. The van der Waals surface area contributed by atoms with E-state index in [2.05, 4.69) is 23.3 Å². The lowest BCUT2D eigenvalue weighted by Crippen LogP contribution is -3.00. The average Bonchev–Trinajstić information content (AvgIpc) is 2.79. The number of nitrogens with zero attached hydrogens (tertiary/aromatic N) is 3. The third-order valence-corrected chi connectivity index (χ3v) is 3.04. The van der Waals surface area contributed by atoms with E-state index in [0.717, 1.165) is 17.7 Å². The second-order valence-corrected chi connectivity index (χ2v) is 5.70. The lowest BCUT2D eigenvalue weighted by molar-refractivity contribution is -0.466. The van der Waals surface area contributed by atoms with Gasteiger partial charge in [0.15, 0.2) is 5.13 Å². The summed E-state index contributed by atoms with van der Waals surface area (Å²) >= 11 is 1.04. The third kappa shape index (κ3) is 6.24. The second-order valence-electron chi connectivity index (χ2n) is 3.64. The molecule has 0 aromatic carbocycles. The van der Waals surface area contributed by atoms with E-state index in [0.29, 0.717) is 0 Å². The predicted molar refractivity (Wildman–Crippen MR) is 74.3 cm³/mol. The Morgan fingerprint density at radius 2 is 2.14 bits per heavy atom. The Morgan fingerprint density at radius 3 is 2.59 bits per heavy atom. The number of rotatable bonds is 6. The predicted octanol–water partition coefficient (Wildman–Crippen LogP) is -3.82. The molecule has 0 atom stereocenters. The molecule has 1 aromatic heterocycles. The monoisotopic (exact) mass is 372 g/mol. The van der Waals surface area contributed by atoms with Crippen LogP contribution in [0.15, 0.2) is 10.5 Å². The summed E-state index contributed by atoms with van der Waals surface area (Å²) in [5, 5.41) is 4.94. The highest BCUT2D eigenvalue weighted by Crippen LogP contribution is 2.13. The molecular weight excluding hydrogens is 360 g/mol. The van der Waals surface area contributed by atoms with E-state index in [-0.39, 0.29) is 23.2 Å². The number of anilines is 1. The summed E-state index contributed by atoms with van der Waals surface area (Å²) in [6.45, 7) is 0. The van der Waals surface area contributed by atoms with Gasteiger partial charge in [-0.3, -0.25) is 4.18 Å². The van der Waals surface area contributed by atoms with Crippen LogP contribution in [0.1, 0.15) is 5.69 Å². The molecule has 0 aliphatic rings. The van der Waals surface area contributed by atoms with E-state index in [9.17, 15) is 13.2 Å². The number of carbonyl (C=O) groups excluding carboxylic acids is 1. The van der Waals surface area contributed by atoms with Crippen molar-refractivity contribution in [3.63, 3.8) is 0 Å². The highest BCUT2D eigenvalue weighted by molar-refractivity contribution is 7.82. The number of hydrogen-bond acceptors (Lipinski definition) is 10. The molecule has 0 aliphatic heterocycles. The van der Waals surface area contributed by atoms with Crippen LogP contribution in [0.2, 0.25) is 0 Å². The van der Waals surface area contributed by atoms with E-state index in [1.165, 1.54) is 31.2 Å². The van der Waals surface area contributed by atoms with Gasteiger partial charge in [-0.15, -0.1) is 19.8 Å². The van der Waals surface area contributed by atoms with Crippen molar-refractivity contribution < 1.29 is 43.4 Å². The van der Waals surface area contributed by atoms with Gasteiger partial charge in [0, 0.05) is 5.38 Å². The molecule has 22 heavy (non-hydrogen) atoms. The van der Waals surface area contributed by atoms with Gasteiger partial charge in [-0.2, -0.15) is 0 Å². The van der Waals surface area contributed by atoms with Crippen LogP contribution < -0.4 is 18.1 Å². The average molecular weight is 373 g/mol.